The topological polar surface area (TPSA) is 69.0 Å². The Morgan fingerprint density at radius 2 is 2.04 bits per heavy atom. The van der Waals surface area contributed by atoms with E-state index in [-0.39, 0.29) is 5.91 Å². The molecule has 0 saturated carbocycles. The molecule has 3 aromatic rings. The van der Waals surface area contributed by atoms with Gasteiger partial charge < -0.3 is 14.6 Å². The Morgan fingerprint density at radius 1 is 1.27 bits per heavy atom. The third kappa shape index (κ3) is 3.04. The van der Waals surface area contributed by atoms with Crippen molar-refractivity contribution in [2.75, 3.05) is 18.5 Å². The maximum atomic E-state index is 13.2. The molecule has 0 radical (unpaired) electrons. The van der Waals surface area contributed by atoms with E-state index in [2.05, 4.69) is 15.3 Å². The smallest absolute Gasteiger partial charge is 0.236 e. The van der Waals surface area contributed by atoms with Crippen LogP contribution in [0.3, 0.4) is 0 Å². The second-order valence-corrected chi connectivity index (χ2v) is 7.27. The zero-order chi connectivity index (χ0) is 18.0. The van der Waals surface area contributed by atoms with Gasteiger partial charge in [0.1, 0.15) is 5.69 Å². The molecule has 0 spiro atoms. The van der Waals surface area contributed by atoms with E-state index in [0.717, 1.165) is 17.1 Å². The first-order valence-corrected chi connectivity index (χ1v) is 9.45. The highest BCUT2D eigenvalue weighted by Crippen LogP contribution is 2.36. The lowest BCUT2D eigenvalue weighted by Gasteiger charge is -2.35. The fraction of sp³-hybridized carbons (Fsp3) is 0.316. The molecule has 1 amide bonds. The lowest BCUT2D eigenvalue weighted by molar-refractivity contribution is -0.125. The van der Waals surface area contributed by atoms with Gasteiger partial charge in [-0.05, 0) is 18.4 Å². The molecular formula is C19H20N4O2S. The van der Waals surface area contributed by atoms with Crippen LogP contribution in [0.4, 0.5) is 5.13 Å². The van der Waals surface area contributed by atoms with Crippen molar-refractivity contribution in [3.8, 4) is 11.5 Å². The van der Waals surface area contributed by atoms with Gasteiger partial charge >= 0.3 is 0 Å². The summed E-state index contributed by atoms with van der Waals surface area (Å²) < 4.78 is 7.42. The Balaban J connectivity index is 1.60. The molecule has 0 aliphatic carbocycles. The Morgan fingerprint density at radius 3 is 2.73 bits per heavy atom. The van der Waals surface area contributed by atoms with Gasteiger partial charge in [0.15, 0.2) is 11.0 Å². The summed E-state index contributed by atoms with van der Waals surface area (Å²) in [7, 11) is 1.92. The van der Waals surface area contributed by atoms with Gasteiger partial charge in [0.25, 0.3) is 0 Å². The van der Waals surface area contributed by atoms with Crippen LogP contribution in [0.2, 0.25) is 0 Å². The predicted octanol–water partition coefficient (Wildman–Crippen LogP) is 3.23. The van der Waals surface area contributed by atoms with Gasteiger partial charge in [-0.1, -0.05) is 30.3 Å². The first kappa shape index (κ1) is 16.9. The Bertz CT molecular complexity index is 897. The molecule has 26 heavy (non-hydrogen) atoms. The van der Waals surface area contributed by atoms with Crippen molar-refractivity contribution in [1.29, 1.82) is 0 Å². The van der Waals surface area contributed by atoms with Crippen molar-refractivity contribution in [3.05, 3.63) is 53.7 Å². The SMILES string of the molecule is Cn1ccnc1-c1csc(NC(=O)C2(c3ccccc3)CCOCC2)n1. The number of nitrogens with zero attached hydrogens (tertiary/aromatic N) is 3. The number of carbonyl (C=O) groups excluding carboxylic acids is 1. The minimum absolute atomic E-state index is 0.0206. The number of benzene rings is 1. The van der Waals surface area contributed by atoms with Gasteiger partial charge in [0.05, 0.1) is 5.41 Å². The van der Waals surface area contributed by atoms with Crippen LogP contribution in [0.15, 0.2) is 48.1 Å². The van der Waals surface area contributed by atoms with Crippen molar-refractivity contribution in [1.82, 2.24) is 14.5 Å². The van der Waals surface area contributed by atoms with Crippen molar-refractivity contribution >= 4 is 22.4 Å². The number of aryl methyl sites for hydroxylation is 1. The molecular weight excluding hydrogens is 348 g/mol. The summed E-state index contributed by atoms with van der Waals surface area (Å²) in [6, 6.07) is 9.96. The molecule has 1 aliphatic heterocycles. The van der Waals surface area contributed by atoms with Gasteiger partial charge in [0, 0.05) is 38.0 Å². The standard InChI is InChI=1S/C19H20N4O2S/c1-23-10-9-20-16(23)15-13-26-18(21-15)22-17(24)19(7-11-25-12-8-19)14-5-3-2-4-6-14/h2-6,9-10,13H,7-8,11-12H2,1H3,(H,21,22,24). The largest absolute Gasteiger partial charge is 0.381 e. The van der Waals surface area contributed by atoms with E-state index >= 15 is 0 Å². The van der Waals surface area contributed by atoms with Gasteiger partial charge in [-0.2, -0.15) is 0 Å². The fourth-order valence-electron chi connectivity index (χ4n) is 3.39. The minimum Gasteiger partial charge on any atom is -0.381 e. The van der Waals surface area contributed by atoms with Crippen molar-refractivity contribution in [2.45, 2.75) is 18.3 Å². The molecule has 7 heteroatoms. The highest BCUT2D eigenvalue weighted by Gasteiger charge is 2.42. The number of ether oxygens (including phenoxy) is 1. The predicted molar refractivity (Wildman–Crippen MR) is 101 cm³/mol. The number of thiazole rings is 1. The molecule has 134 valence electrons. The summed E-state index contributed by atoms with van der Waals surface area (Å²) in [5.74, 6) is 0.762. The lowest BCUT2D eigenvalue weighted by Crippen LogP contribution is -2.44. The lowest BCUT2D eigenvalue weighted by atomic mass is 9.73. The van der Waals surface area contributed by atoms with Crippen molar-refractivity contribution < 1.29 is 9.53 Å². The molecule has 0 unspecified atom stereocenters. The number of anilines is 1. The molecule has 6 nitrogen and oxygen atoms in total. The normalized spacial score (nSPS) is 16.3. The fourth-order valence-corrected chi connectivity index (χ4v) is 4.07. The van der Waals surface area contributed by atoms with Crippen LogP contribution in [0.5, 0.6) is 0 Å². The average molecular weight is 368 g/mol. The maximum Gasteiger partial charge on any atom is 0.236 e. The van der Waals surface area contributed by atoms with Gasteiger partial charge in [-0.25, -0.2) is 9.97 Å². The summed E-state index contributed by atoms with van der Waals surface area (Å²) >= 11 is 1.42. The second kappa shape index (κ2) is 7.01. The molecule has 4 rings (SSSR count). The minimum atomic E-state index is -0.575. The molecule has 2 aromatic heterocycles. The molecule has 1 aromatic carbocycles. The summed E-state index contributed by atoms with van der Waals surface area (Å²) in [6.45, 7) is 1.16. The number of imidazole rings is 1. The van der Waals surface area contributed by atoms with E-state index in [4.69, 9.17) is 4.74 Å². The number of hydrogen-bond acceptors (Lipinski definition) is 5. The molecule has 3 heterocycles. The summed E-state index contributed by atoms with van der Waals surface area (Å²) in [6.07, 6.45) is 4.94. The average Bonchev–Trinajstić information content (AvgIpc) is 3.31. The zero-order valence-electron chi connectivity index (χ0n) is 14.5. The van der Waals surface area contributed by atoms with E-state index in [1.807, 2.05) is 53.5 Å². The van der Waals surface area contributed by atoms with E-state index in [0.29, 0.717) is 31.2 Å². The zero-order valence-corrected chi connectivity index (χ0v) is 15.3. The highest BCUT2D eigenvalue weighted by molar-refractivity contribution is 7.14. The molecule has 1 saturated heterocycles. The van der Waals surface area contributed by atoms with E-state index in [9.17, 15) is 4.79 Å². The number of hydrogen-bond donors (Lipinski definition) is 1. The number of rotatable bonds is 4. The maximum absolute atomic E-state index is 13.2. The Hall–Kier alpha value is -2.51. The summed E-state index contributed by atoms with van der Waals surface area (Å²) in [4.78, 5) is 22.1. The third-order valence-corrected chi connectivity index (χ3v) is 5.64. The van der Waals surface area contributed by atoms with Gasteiger partial charge in [-0.3, -0.25) is 4.79 Å². The molecule has 0 bridgehead atoms. The van der Waals surface area contributed by atoms with Gasteiger partial charge in [-0.15, -0.1) is 11.3 Å². The van der Waals surface area contributed by atoms with Crippen LogP contribution < -0.4 is 5.32 Å². The number of amides is 1. The number of aromatic nitrogens is 3. The van der Waals surface area contributed by atoms with Crippen LogP contribution in [-0.2, 0) is 22.0 Å². The van der Waals surface area contributed by atoms with Crippen molar-refractivity contribution in [2.24, 2.45) is 7.05 Å². The van der Waals surface area contributed by atoms with Crippen LogP contribution in [-0.4, -0.2) is 33.7 Å². The van der Waals surface area contributed by atoms with Crippen LogP contribution in [0, 0.1) is 0 Å². The first-order valence-electron chi connectivity index (χ1n) is 8.57. The monoisotopic (exact) mass is 368 g/mol. The molecule has 1 fully saturated rings. The molecule has 1 N–H and O–H groups in total. The highest BCUT2D eigenvalue weighted by atomic mass is 32.1. The summed E-state index contributed by atoms with van der Waals surface area (Å²) in [5.41, 5.74) is 1.22. The van der Waals surface area contributed by atoms with E-state index in [1.54, 1.807) is 6.20 Å². The van der Waals surface area contributed by atoms with Crippen LogP contribution in [0.25, 0.3) is 11.5 Å². The van der Waals surface area contributed by atoms with Crippen LogP contribution >= 0.6 is 11.3 Å². The summed E-state index contributed by atoms with van der Waals surface area (Å²) in [5, 5.41) is 5.53. The molecule has 1 aliphatic rings. The van der Waals surface area contributed by atoms with Crippen LogP contribution in [0.1, 0.15) is 18.4 Å². The quantitative estimate of drug-likeness (QED) is 0.768. The van der Waals surface area contributed by atoms with Gasteiger partial charge in [0.2, 0.25) is 5.91 Å². The van der Waals surface area contributed by atoms with Crippen molar-refractivity contribution in [3.63, 3.8) is 0 Å². The van der Waals surface area contributed by atoms with E-state index < -0.39 is 5.41 Å². The molecule has 0 atom stereocenters. The number of nitrogens with one attached hydrogen (secondary N) is 1. The Kier molecular flexibility index (Phi) is 4.57. The first-order chi connectivity index (χ1) is 12.7. The third-order valence-electron chi connectivity index (χ3n) is 4.88. The number of carbonyl (C=O) groups is 1. The Labute approximate surface area is 155 Å². The van der Waals surface area contributed by atoms with E-state index in [1.165, 1.54) is 11.3 Å². The second-order valence-electron chi connectivity index (χ2n) is 6.41.